The summed E-state index contributed by atoms with van der Waals surface area (Å²) in [5.41, 5.74) is -0.426. The number of aliphatic hydroxyl groups is 1. The highest BCUT2D eigenvalue weighted by Crippen LogP contribution is 2.31. The fourth-order valence-corrected chi connectivity index (χ4v) is 2.84. The summed E-state index contributed by atoms with van der Waals surface area (Å²) < 4.78 is 13.4. The molecule has 0 radical (unpaired) electrons. The van der Waals surface area contributed by atoms with Crippen LogP contribution in [0.4, 0.5) is 4.39 Å². The lowest BCUT2D eigenvalue weighted by atomic mass is 9.79. The predicted octanol–water partition coefficient (Wildman–Crippen LogP) is 3.26. The number of halogens is 2. The summed E-state index contributed by atoms with van der Waals surface area (Å²) >= 11 is 3.05. The van der Waals surface area contributed by atoms with Gasteiger partial charge in [-0.1, -0.05) is 6.92 Å². The maximum absolute atomic E-state index is 13.1. The molecule has 0 spiro atoms. The van der Waals surface area contributed by atoms with Crippen molar-refractivity contribution in [1.82, 2.24) is 5.32 Å². The van der Waals surface area contributed by atoms with E-state index in [0.29, 0.717) is 24.3 Å². The zero-order valence-corrected chi connectivity index (χ0v) is 13.0. The van der Waals surface area contributed by atoms with Crippen LogP contribution in [0.3, 0.4) is 0 Å². The molecule has 0 heterocycles. The maximum atomic E-state index is 13.1. The minimum Gasteiger partial charge on any atom is -0.388 e. The van der Waals surface area contributed by atoms with Crippen molar-refractivity contribution in [1.29, 1.82) is 0 Å². The van der Waals surface area contributed by atoms with Crippen molar-refractivity contribution < 1.29 is 14.3 Å². The summed E-state index contributed by atoms with van der Waals surface area (Å²) in [7, 11) is 0. The van der Waals surface area contributed by atoms with Crippen molar-refractivity contribution in [2.45, 2.75) is 38.2 Å². The van der Waals surface area contributed by atoms with E-state index in [1.54, 1.807) is 0 Å². The Kier molecular flexibility index (Phi) is 4.81. The number of amides is 1. The van der Waals surface area contributed by atoms with Gasteiger partial charge in [0.15, 0.2) is 0 Å². The van der Waals surface area contributed by atoms with E-state index in [1.165, 1.54) is 18.2 Å². The Labute approximate surface area is 126 Å². The summed E-state index contributed by atoms with van der Waals surface area (Å²) in [5.74, 6) is -0.0572. The van der Waals surface area contributed by atoms with Crippen molar-refractivity contribution in [3.8, 4) is 0 Å². The highest BCUT2D eigenvalue weighted by Gasteiger charge is 2.32. The van der Waals surface area contributed by atoms with Gasteiger partial charge in [0, 0.05) is 12.1 Å². The summed E-state index contributed by atoms with van der Waals surface area (Å²) in [6.45, 7) is 2.42. The third kappa shape index (κ3) is 3.79. The van der Waals surface area contributed by atoms with E-state index in [0.717, 1.165) is 12.8 Å². The predicted molar refractivity (Wildman–Crippen MR) is 79.0 cm³/mol. The van der Waals surface area contributed by atoms with Gasteiger partial charge in [-0.2, -0.15) is 0 Å². The molecule has 20 heavy (non-hydrogen) atoms. The molecule has 1 saturated carbocycles. The highest BCUT2D eigenvalue weighted by molar-refractivity contribution is 9.10. The van der Waals surface area contributed by atoms with E-state index in [-0.39, 0.29) is 16.9 Å². The molecular weight excluding hydrogens is 325 g/mol. The molecule has 0 unspecified atom stereocenters. The Bertz CT molecular complexity index is 499. The number of hydrogen-bond donors (Lipinski definition) is 2. The van der Waals surface area contributed by atoms with Crippen LogP contribution >= 0.6 is 15.9 Å². The molecule has 1 aliphatic carbocycles. The molecule has 0 aliphatic heterocycles. The first kappa shape index (κ1) is 15.4. The van der Waals surface area contributed by atoms with E-state index >= 15 is 0 Å². The van der Waals surface area contributed by atoms with Crippen molar-refractivity contribution in [3.05, 3.63) is 34.1 Å². The second kappa shape index (κ2) is 6.22. The summed E-state index contributed by atoms with van der Waals surface area (Å²) in [6, 6.07) is 4.12. The van der Waals surface area contributed by atoms with Crippen LogP contribution in [0.25, 0.3) is 0 Å². The molecule has 0 atom stereocenters. The van der Waals surface area contributed by atoms with Crippen LogP contribution in [0, 0.1) is 11.7 Å². The third-order valence-electron chi connectivity index (χ3n) is 3.96. The van der Waals surface area contributed by atoms with E-state index in [2.05, 4.69) is 28.2 Å². The molecule has 1 fully saturated rings. The molecule has 1 aromatic rings. The average molecular weight is 344 g/mol. The number of hydrogen-bond acceptors (Lipinski definition) is 2. The molecule has 1 aromatic carbocycles. The number of carbonyl (C=O) groups excluding carboxylic acids is 1. The first-order valence-corrected chi connectivity index (χ1v) is 7.64. The van der Waals surface area contributed by atoms with Gasteiger partial charge in [-0.05, 0) is 65.7 Å². The number of benzene rings is 1. The number of carbonyl (C=O) groups is 1. The van der Waals surface area contributed by atoms with Gasteiger partial charge in [-0.15, -0.1) is 0 Å². The molecule has 1 amide bonds. The molecule has 110 valence electrons. The molecule has 1 aliphatic rings. The molecule has 0 saturated heterocycles. The van der Waals surface area contributed by atoms with Gasteiger partial charge >= 0.3 is 0 Å². The normalized spacial score (nSPS) is 26.3. The zero-order chi connectivity index (χ0) is 14.8. The molecule has 2 N–H and O–H groups in total. The van der Waals surface area contributed by atoms with Crippen LogP contribution in [0.2, 0.25) is 0 Å². The lowest BCUT2D eigenvalue weighted by Gasteiger charge is -2.34. The molecule has 0 aromatic heterocycles. The van der Waals surface area contributed by atoms with E-state index < -0.39 is 11.4 Å². The molecule has 0 bridgehead atoms. The van der Waals surface area contributed by atoms with Crippen molar-refractivity contribution in [2.24, 2.45) is 5.92 Å². The average Bonchev–Trinajstić information content (AvgIpc) is 2.43. The minimum absolute atomic E-state index is 0.244. The van der Waals surface area contributed by atoms with Crippen molar-refractivity contribution >= 4 is 21.8 Å². The van der Waals surface area contributed by atoms with Gasteiger partial charge in [-0.25, -0.2) is 4.39 Å². The van der Waals surface area contributed by atoms with Gasteiger partial charge < -0.3 is 10.4 Å². The second-order valence-electron chi connectivity index (χ2n) is 5.72. The third-order valence-corrected chi connectivity index (χ3v) is 4.57. The molecule has 5 heteroatoms. The lowest BCUT2D eigenvalue weighted by molar-refractivity contribution is -0.00540. The smallest absolute Gasteiger partial charge is 0.251 e. The summed E-state index contributed by atoms with van der Waals surface area (Å²) in [4.78, 5) is 12.0. The minimum atomic E-state index is -0.806. The van der Waals surface area contributed by atoms with E-state index in [9.17, 15) is 14.3 Å². The standard InChI is InChI=1S/C15H19BrFNO2/c1-10-4-6-15(20,7-5-10)9-18-14(19)11-2-3-13(17)12(16)8-11/h2-3,8,10,20H,4-7,9H2,1H3,(H,18,19). The second-order valence-corrected chi connectivity index (χ2v) is 6.57. The Morgan fingerprint density at radius 1 is 1.50 bits per heavy atom. The van der Waals surface area contributed by atoms with Crippen LogP contribution in [0.5, 0.6) is 0 Å². The van der Waals surface area contributed by atoms with Gasteiger partial charge in [0.2, 0.25) is 0 Å². The Morgan fingerprint density at radius 2 is 2.15 bits per heavy atom. The molecule has 3 nitrogen and oxygen atoms in total. The summed E-state index contributed by atoms with van der Waals surface area (Å²) in [6.07, 6.45) is 3.38. The number of nitrogens with one attached hydrogen (secondary N) is 1. The molecule has 2 rings (SSSR count). The lowest BCUT2D eigenvalue weighted by Crippen LogP contribution is -2.45. The SMILES string of the molecule is CC1CCC(O)(CNC(=O)c2ccc(F)c(Br)c2)CC1. The van der Waals surface area contributed by atoms with Gasteiger partial charge in [0.1, 0.15) is 5.82 Å². The largest absolute Gasteiger partial charge is 0.388 e. The summed E-state index contributed by atoms with van der Waals surface area (Å²) in [5, 5.41) is 13.1. The number of rotatable bonds is 3. The van der Waals surface area contributed by atoms with Crippen LogP contribution in [0.15, 0.2) is 22.7 Å². The van der Waals surface area contributed by atoms with Crippen molar-refractivity contribution in [2.75, 3.05) is 6.54 Å². The Balaban J connectivity index is 1.93. The first-order chi connectivity index (χ1) is 9.39. The van der Waals surface area contributed by atoms with E-state index in [1.807, 2.05) is 0 Å². The van der Waals surface area contributed by atoms with Crippen LogP contribution in [-0.2, 0) is 0 Å². The first-order valence-electron chi connectivity index (χ1n) is 6.85. The highest BCUT2D eigenvalue weighted by atomic mass is 79.9. The quantitative estimate of drug-likeness (QED) is 0.884. The van der Waals surface area contributed by atoms with Crippen molar-refractivity contribution in [3.63, 3.8) is 0 Å². The van der Waals surface area contributed by atoms with Gasteiger partial charge in [0.05, 0.1) is 10.1 Å². The van der Waals surface area contributed by atoms with Crippen LogP contribution in [-0.4, -0.2) is 23.2 Å². The zero-order valence-electron chi connectivity index (χ0n) is 11.5. The fraction of sp³-hybridized carbons (Fsp3) is 0.533. The van der Waals surface area contributed by atoms with E-state index in [4.69, 9.17) is 0 Å². The monoisotopic (exact) mass is 343 g/mol. The van der Waals surface area contributed by atoms with Gasteiger partial charge in [0.25, 0.3) is 5.91 Å². The molecular formula is C15H19BrFNO2. The Hall–Kier alpha value is -0.940. The van der Waals surface area contributed by atoms with Gasteiger partial charge in [-0.3, -0.25) is 4.79 Å². The maximum Gasteiger partial charge on any atom is 0.251 e. The fourth-order valence-electron chi connectivity index (χ4n) is 2.46. The Morgan fingerprint density at radius 3 is 2.75 bits per heavy atom. The van der Waals surface area contributed by atoms with Crippen LogP contribution < -0.4 is 5.32 Å². The topological polar surface area (TPSA) is 49.3 Å². The van der Waals surface area contributed by atoms with Crippen LogP contribution in [0.1, 0.15) is 43.0 Å².